The zero-order valence-corrected chi connectivity index (χ0v) is 7.08. The van der Waals surface area contributed by atoms with Crippen molar-refractivity contribution in [3.63, 3.8) is 0 Å². The van der Waals surface area contributed by atoms with Gasteiger partial charge in [0.1, 0.15) is 0 Å². The molecule has 0 atom stereocenters. The molecule has 0 aromatic carbocycles. The van der Waals surface area contributed by atoms with E-state index in [1.807, 2.05) is 0 Å². The molecule has 2 aliphatic rings. The standard InChI is InChI=1S/C9H13N3/c1-2-8(1)12-6-7-5-10-4-3-9(7)11-12/h6,8,10H,1-5H2. The summed E-state index contributed by atoms with van der Waals surface area (Å²) in [7, 11) is 0. The van der Waals surface area contributed by atoms with E-state index in [9.17, 15) is 0 Å². The maximum atomic E-state index is 4.59. The summed E-state index contributed by atoms with van der Waals surface area (Å²) in [4.78, 5) is 0. The molecule has 64 valence electrons. The van der Waals surface area contributed by atoms with E-state index in [-0.39, 0.29) is 0 Å². The molecule has 1 aliphatic carbocycles. The fourth-order valence-electron chi connectivity index (χ4n) is 1.78. The maximum absolute atomic E-state index is 4.59. The second-order valence-electron chi connectivity index (χ2n) is 3.74. The molecule has 3 heteroatoms. The lowest BCUT2D eigenvalue weighted by molar-refractivity contribution is 0.612. The Hall–Kier alpha value is -0.830. The fraction of sp³-hybridized carbons (Fsp3) is 0.667. The topological polar surface area (TPSA) is 29.9 Å². The van der Waals surface area contributed by atoms with Crippen LogP contribution in [0.4, 0.5) is 0 Å². The summed E-state index contributed by atoms with van der Waals surface area (Å²) < 4.78 is 2.16. The van der Waals surface area contributed by atoms with Crippen molar-refractivity contribution in [2.75, 3.05) is 6.54 Å². The summed E-state index contributed by atoms with van der Waals surface area (Å²) in [6.45, 7) is 2.11. The largest absolute Gasteiger partial charge is 0.312 e. The van der Waals surface area contributed by atoms with Crippen LogP contribution in [0.1, 0.15) is 30.1 Å². The molecular formula is C9H13N3. The average molecular weight is 163 g/mol. The van der Waals surface area contributed by atoms with Gasteiger partial charge in [-0.2, -0.15) is 5.10 Å². The lowest BCUT2D eigenvalue weighted by atomic mass is 10.1. The van der Waals surface area contributed by atoms with Crippen molar-refractivity contribution in [2.24, 2.45) is 0 Å². The van der Waals surface area contributed by atoms with Gasteiger partial charge in [-0.15, -0.1) is 0 Å². The minimum absolute atomic E-state index is 0.732. The molecule has 0 radical (unpaired) electrons. The van der Waals surface area contributed by atoms with E-state index >= 15 is 0 Å². The number of fused-ring (bicyclic) bond motifs is 1. The first-order valence-electron chi connectivity index (χ1n) is 4.71. The molecule has 0 bridgehead atoms. The molecule has 1 saturated carbocycles. The predicted molar refractivity (Wildman–Crippen MR) is 45.9 cm³/mol. The predicted octanol–water partition coefficient (Wildman–Crippen LogP) is 0.864. The Morgan fingerprint density at radius 3 is 3.17 bits per heavy atom. The third-order valence-corrected chi connectivity index (χ3v) is 2.67. The van der Waals surface area contributed by atoms with Crippen molar-refractivity contribution in [3.8, 4) is 0 Å². The Kier molecular flexibility index (Phi) is 1.29. The van der Waals surface area contributed by atoms with Crippen molar-refractivity contribution in [1.29, 1.82) is 0 Å². The molecule has 1 N–H and O–H groups in total. The molecule has 1 aromatic heterocycles. The van der Waals surface area contributed by atoms with Gasteiger partial charge in [0.2, 0.25) is 0 Å². The number of nitrogens with zero attached hydrogens (tertiary/aromatic N) is 2. The summed E-state index contributed by atoms with van der Waals surface area (Å²) in [6, 6.07) is 0.732. The lowest BCUT2D eigenvalue weighted by Gasteiger charge is -2.09. The molecule has 0 amide bonds. The first-order valence-corrected chi connectivity index (χ1v) is 4.71. The van der Waals surface area contributed by atoms with E-state index in [1.165, 1.54) is 24.1 Å². The van der Waals surface area contributed by atoms with Gasteiger partial charge in [0, 0.05) is 31.3 Å². The van der Waals surface area contributed by atoms with Gasteiger partial charge in [-0.1, -0.05) is 0 Å². The second kappa shape index (κ2) is 2.33. The monoisotopic (exact) mass is 163 g/mol. The van der Waals surface area contributed by atoms with Gasteiger partial charge in [0.05, 0.1) is 11.7 Å². The third kappa shape index (κ3) is 0.966. The van der Waals surface area contributed by atoms with E-state index in [0.717, 1.165) is 25.6 Å². The van der Waals surface area contributed by atoms with Crippen molar-refractivity contribution in [1.82, 2.24) is 15.1 Å². The smallest absolute Gasteiger partial charge is 0.0682 e. The lowest BCUT2D eigenvalue weighted by Crippen LogP contribution is -2.22. The van der Waals surface area contributed by atoms with Crippen LogP contribution in [0.3, 0.4) is 0 Å². The van der Waals surface area contributed by atoms with E-state index in [4.69, 9.17) is 0 Å². The second-order valence-corrected chi connectivity index (χ2v) is 3.74. The maximum Gasteiger partial charge on any atom is 0.0682 e. The number of aromatic nitrogens is 2. The van der Waals surface area contributed by atoms with Crippen molar-refractivity contribution in [3.05, 3.63) is 17.5 Å². The van der Waals surface area contributed by atoms with Crippen LogP contribution >= 0.6 is 0 Å². The van der Waals surface area contributed by atoms with Crippen molar-refractivity contribution >= 4 is 0 Å². The molecule has 0 spiro atoms. The van der Waals surface area contributed by atoms with E-state index in [2.05, 4.69) is 21.3 Å². The molecule has 1 aliphatic heterocycles. The number of hydrogen-bond donors (Lipinski definition) is 1. The summed E-state index contributed by atoms with van der Waals surface area (Å²) in [5.41, 5.74) is 2.73. The SMILES string of the molecule is c1c2c(nn1C1CC1)CCNC2. The van der Waals surface area contributed by atoms with Gasteiger partial charge >= 0.3 is 0 Å². The Bertz CT molecular complexity index is 275. The van der Waals surface area contributed by atoms with Gasteiger partial charge in [0.15, 0.2) is 0 Å². The molecule has 1 fully saturated rings. The van der Waals surface area contributed by atoms with Crippen LogP contribution in [-0.2, 0) is 13.0 Å². The molecule has 3 nitrogen and oxygen atoms in total. The molecule has 0 saturated heterocycles. The van der Waals surface area contributed by atoms with Crippen LogP contribution < -0.4 is 5.32 Å². The first-order chi connectivity index (χ1) is 5.93. The number of hydrogen-bond acceptors (Lipinski definition) is 2. The zero-order chi connectivity index (χ0) is 7.97. The zero-order valence-electron chi connectivity index (χ0n) is 7.08. The quantitative estimate of drug-likeness (QED) is 0.665. The van der Waals surface area contributed by atoms with Crippen LogP contribution in [0.5, 0.6) is 0 Å². The Morgan fingerprint density at radius 2 is 2.42 bits per heavy atom. The minimum Gasteiger partial charge on any atom is -0.312 e. The Balaban J connectivity index is 1.97. The van der Waals surface area contributed by atoms with Crippen LogP contribution in [0.15, 0.2) is 6.20 Å². The fourth-order valence-corrected chi connectivity index (χ4v) is 1.78. The highest BCUT2D eigenvalue weighted by atomic mass is 15.3. The number of rotatable bonds is 1. The molecule has 3 rings (SSSR count). The van der Waals surface area contributed by atoms with Crippen LogP contribution in [0.25, 0.3) is 0 Å². The molecule has 0 unspecified atom stereocenters. The van der Waals surface area contributed by atoms with Gasteiger partial charge in [-0.05, 0) is 12.8 Å². The highest BCUT2D eigenvalue weighted by molar-refractivity contribution is 5.20. The summed E-state index contributed by atoms with van der Waals surface area (Å²) in [5.74, 6) is 0. The molecular weight excluding hydrogens is 150 g/mol. The van der Waals surface area contributed by atoms with Crippen LogP contribution in [0.2, 0.25) is 0 Å². The number of nitrogens with one attached hydrogen (secondary N) is 1. The molecule has 12 heavy (non-hydrogen) atoms. The van der Waals surface area contributed by atoms with Crippen molar-refractivity contribution in [2.45, 2.75) is 31.8 Å². The third-order valence-electron chi connectivity index (χ3n) is 2.67. The average Bonchev–Trinajstić information content (AvgIpc) is 2.85. The Labute approximate surface area is 71.8 Å². The minimum atomic E-state index is 0.732. The Morgan fingerprint density at radius 1 is 1.50 bits per heavy atom. The van der Waals surface area contributed by atoms with E-state index < -0.39 is 0 Å². The van der Waals surface area contributed by atoms with Crippen molar-refractivity contribution < 1.29 is 0 Å². The van der Waals surface area contributed by atoms with Gasteiger partial charge in [0.25, 0.3) is 0 Å². The normalized spacial score (nSPS) is 22.3. The molecule has 2 heterocycles. The molecule has 1 aromatic rings. The van der Waals surface area contributed by atoms with E-state index in [0.29, 0.717) is 0 Å². The van der Waals surface area contributed by atoms with Gasteiger partial charge in [-0.25, -0.2) is 0 Å². The highest BCUT2D eigenvalue weighted by Gasteiger charge is 2.26. The summed E-state index contributed by atoms with van der Waals surface area (Å²) in [5, 5.41) is 7.95. The summed E-state index contributed by atoms with van der Waals surface area (Å²) >= 11 is 0. The van der Waals surface area contributed by atoms with Crippen LogP contribution in [0, 0.1) is 0 Å². The van der Waals surface area contributed by atoms with E-state index in [1.54, 1.807) is 0 Å². The summed E-state index contributed by atoms with van der Waals surface area (Å²) in [6.07, 6.45) is 5.98. The highest BCUT2D eigenvalue weighted by Crippen LogP contribution is 2.34. The van der Waals surface area contributed by atoms with Gasteiger partial charge < -0.3 is 5.32 Å². The first kappa shape index (κ1) is 6.66. The van der Waals surface area contributed by atoms with Crippen LogP contribution in [-0.4, -0.2) is 16.3 Å². The van der Waals surface area contributed by atoms with Gasteiger partial charge in [-0.3, -0.25) is 4.68 Å².